The van der Waals surface area contributed by atoms with Crippen LogP contribution in [0.3, 0.4) is 0 Å². The number of nitrogens with zero attached hydrogens (tertiary/aromatic N) is 1. The largest absolute Gasteiger partial charge is 0.462 e. The van der Waals surface area contributed by atoms with Crippen molar-refractivity contribution in [2.45, 2.75) is 6.92 Å². The van der Waals surface area contributed by atoms with Crippen molar-refractivity contribution >= 4 is 23.4 Å². The van der Waals surface area contributed by atoms with Gasteiger partial charge in [-0.3, -0.25) is 4.79 Å². The molecule has 0 fully saturated rings. The van der Waals surface area contributed by atoms with Gasteiger partial charge in [0, 0.05) is 0 Å². The van der Waals surface area contributed by atoms with Gasteiger partial charge in [-0.25, -0.2) is 9.78 Å². The van der Waals surface area contributed by atoms with Crippen molar-refractivity contribution in [1.29, 1.82) is 0 Å². The quantitative estimate of drug-likeness (QED) is 0.504. The van der Waals surface area contributed by atoms with Crippen LogP contribution in [0.4, 0.5) is 11.5 Å². The number of nitrogens with one attached hydrogen (secondary N) is 1. The fraction of sp³-hybridized carbons (Fsp3) is 0.222. The van der Waals surface area contributed by atoms with Crippen LogP contribution in [-0.2, 0) is 14.3 Å². The number of methoxy groups -OCH3 is 1. The lowest BCUT2D eigenvalue weighted by Gasteiger charge is -2.05. The highest BCUT2D eigenvalue weighted by molar-refractivity contribution is 6.37. The van der Waals surface area contributed by atoms with E-state index in [9.17, 15) is 9.59 Å². The molecule has 15 heavy (non-hydrogen) atoms. The standard InChI is InChI=1S/C9H11N3O3/c1-5-3-6(4-11-7(5)10)12-8(13)9(14)15-2/h3-4H,1-2H3,(H2,10,11)(H,12,13). The lowest BCUT2D eigenvalue weighted by Crippen LogP contribution is -2.23. The zero-order valence-electron chi connectivity index (χ0n) is 8.40. The number of carbonyl (C=O) groups excluding carboxylic acids is 2. The lowest BCUT2D eigenvalue weighted by molar-refractivity contribution is -0.150. The predicted molar refractivity (Wildman–Crippen MR) is 54.0 cm³/mol. The Labute approximate surface area is 86.4 Å². The number of esters is 1. The van der Waals surface area contributed by atoms with Crippen LogP contribution in [0.1, 0.15) is 5.56 Å². The van der Waals surface area contributed by atoms with Crippen molar-refractivity contribution in [3.05, 3.63) is 17.8 Å². The summed E-state index contributed by atoms with van der Waals surface area (Å²) >= 11 is 0. The van der Waals surface area contributed by atoms with E-state index in [2.05, 4.69) is 15.0 Å². The molecule has 1 rings (SSSR count). The molecule has 1 amide bonds. The van der Waals surface area contributed by atoms with Crippen LogP contribution in [-0.4, -0.2) is 24.0 Å². The summed E-state index contributed by atoms with van der Waals surface area (Å²) in [7, 11) is 1.13. The Kier molecular flexibility index (Phi) is 3.22. The van der Waals surface area contributed by atoms with Gasteiger partial charge < -0.3 is 15.8 Å². The number of ether oxygens (including phenoxy) is 1. The van der Waals surface area contributed by atoms with Gasteiger partial charge in [0.05, 0.1) is 19.0 Å². The Balaban J connectivity index is 2.77. The zero-order chi connectivity index (χ0) is 11.4. The van der Waals surface area contributed by atoms with E-state index >= 15 is 0 Å². The molecule has 0 aliphatic heterocycles. The first-order chi connectivity index (χ1) is 7.04. The van der Waals surface area contributed by atoms with E-state index in [0.29, 0.717) is 11.5 Å². The van der Waals surface area contributed by atoms with E-state index in [-0.39, 0.29) is 0 Å². The highest BCUT2D eigenvalue weighted by Gasteiger charge is 2.13. The second-order valence-corrected chi connectivity index (χ2v) is 2.87. The molecule has 6 heteroatoms. The van der Waals surface area contributed by atoms with Crippen molar-refractivity contribution in [2.75, 3.05) is 18.2 Å². The molecule has 3 N–H and O–H groups in total. The Morgan fingerprint density at radius 2 is 2.20 bits per heavy atom. The second kappa shape index (κ2) is 4.41. The molecule has 1 heterocycles. The number of rotatable bonds is 1. The zero-order valence-corrected chi connectivity index (χ0v) is 8.40. The fourth-order valence-corrected chi connectivity index (χ4v) is 0.929. The van der Waals surface area contributed by atoms with Gasteiger partial charge in [0.2, 0.25) is 0 Å². The van der Waals surface area contributed by atoms with E-state index < -0.39 is 11.9 Å². The number of nitrogen functional groups attached to an aromatic ring is 1. The number of aromatic nitrogens is 1. The van der Waals surface area contributed by atoms with Crippen molar-refractivity contribution in [2.24, 2.45) is 0 Å². The third-order valence-corrected chi connectivity index (χ3v) is 1.75. The minimum atomic E-state index is -0.954. The number of hydrogen-bond donors (Lipinski definition) is 2. The summed E-state index contributed by atoms with van der Waals surface area (Å²) in [5.74, 6) is -1.42. The number of nitrogens with two attached hydrogens (primary N) is 1. The summed E-state index contributed by atoms with van der Waals surface area (Å²) in [6.45, 7) is 1.75. The molecule has 0 radical (unpaired) electrons. The van der Waals surface area contributed by atoms with E-state index in [4.69, 9.17) is 5.73 Å². The van der Waals surface area contributed by atoms with Crippen LogP contribution in [0.5, 0.6) is 0 Å². The highest BCUT2D eigenvalue weighted by Crippen LogP contribution is 2.12. The van der Waals surface area contributed by atoms with E-state index in [1.165, 1.54) is 6.20 Å². The Morgan fingerprint density at radius 1 is 1.53 bits per heavy atom. The molecule has 0 atom stereocenters. The van der Waals surface area contributed by atoms with Gasteiger partial charge in [0.15, 0.2) is 0 Å². The first kappa shape index (κ1) is 11.0. The van der Waals surface area contributed by atoms with Gasteiger partial charge in [0.25, 0.3) is 0 Å². The fourth-order valence-electron chi connectivity index (χ4n) is 0.929. The summed E-state index contributed by atoms with van der Waals surface area (Å²) in [5, 5.41) is 2.33. The van der Waals surface area contributed by atoms with Gasteiger partial charge in [-0.05, 0) is 18.6 Å². The Morgan fingerprint density at radius 3 is 2.73 bits per heavy atom. The van der Waals surface area contributed by atoms with Crippen molar-refractivity contribution in [3.63, 3.8) is 0 Å². The Bertz CT molecular complexity index is 404. The van der Waals surface area contributed by atoms with Crippen LogP contribution in [0.15, 0.2) is 12.3 Å². The minimum Gasteiger partial charge on any atom is -0.462 e. The number of aryl methyl sites for hydroxylation is 1. The molecule has 0 aliphatic carbocycles. The van der Waals surface area contributed by atoms with E-state index in [1.807, 2.05) is 0 Å². The Hall–Kier alpha value is -2.11. The van der Waals surface area contributed by atoms with Crippen molar-refractivity contribution in [1.82, 2.24) is 4.98 Å². The average molecular weight is 209 g/mol. The van der Waals surface area contributed by atoms with Crippen LogP contribution < -0.4 is 11.1 Å². The maximum atomic E-state index is 11.1. The number of hydrogen-bond acceptors (Lipinski definition) is 5. The number of amides is 1. The molecule has 0 aromatic carbocycles. The summed E-state index contributed by atoms with van der Waals surface area (Å²) in [5.41, 5.74) is 6.61. The summed E-state index contributed by atoms with van der Waals surface area (Å²) in [6, 6.07) is 1.61. The molecule has 0 saturated heterocycles. The maximum Gasteiger partial charge on any atom is 0.396 e. The lowest BCUT2D eigenvalue weighted by atomic mass is 10.2. The second-order valence-electron chi connectivity index (χ2n) is 2.87. The van der Waals surface area contributed by atoms with Crippen LogP contribution in [0, 0.1) is 6.92 Å². The maximum absolute atomic E-state index is 11.1. The monoisotopic (exact) mass is 209 g/mol. The van der Waals surface area contributed by atoms with E-state index in [0.717, 1.165) is 12.7 Å². The normalized spacial score (nSPS) is 9.47. The molecule has 1 aromatic heterocycles. The summed E-state index contributed by atoms with van der Waals surface area (Å²) < 4.78 is 4.24. The third kappa shape index (κ3) is 2.67. The summed E-state index contributed by atoms with van der Waals surface area (Å²) in [6.07, 6.45) is 1.36. The molecule has 1 aromatic rings. The molecule has 0 unspecified atom stereocenters. The first-order valence-corrected chi connectivity index (χ1v) is 4.16. The predicted octanol–water partition coefficient (Wildman–Crippen LogP) is 0.0837. The SMILES string of the molecule is COC(=O)C(=O)Nc1cnc(N)c(C)c1. The van der Waals surface area contributed by atoms with E-state index in [1.54, 1.807) is 13.0 Å². The third-order valence-electron chi connectivity index (χ3n) is 1.75. The molecular weight excluding hydrogens is 198 g/mol. The van der Waals surface area contributed by atoms with Gasteiger partial charge in [-0.2, -0.15) is 0 Å². The average Bonchev–Trinajstić information content (AvgIpc) is 2.22. The molecule has 0 aliphatic rings. The molecule has 6 nitrogen and oxygen atoms in total. The van der Waals surface area contributed by atoms with Crippen LogP contribution >= 0.6 is 0 Å². The van der Waals surface area contributed by atoms with Crippen LogP contribution in [0.2, 0.25) is 0 Å². The smallest absolute Gasteiger partial charge is 0.396 e. The highest BCUT2D eigenvalue weighted by atomic mass is 16.5. The van der Waals surface area contributed by atoms with Gasteiger partial charge in [-0.1, -0.05) is 0 Å². The molecule has 0 spiro atoms. The number of anilines is 2. The first-order valence-electron chi connectivity index (χ1n) is 4.16. The molecular formula is C9H11N3O3. The number of carbonyl (C=O) groups is 2. The van der Waals surface area contributed by atoms with Gasteiger partial charge in [0.1, 0.15) is 5.82 Å². The topological polar surface area (TPSA) is 94.3 Å². The molecule has 0 saturated carbocycles. The molecule has 80 valence electrons. The minimum absolute atomic E-state index is 0.381. The van der Waals surface area contributed by atoms with Crippen LogP contribution in [0.25, 0.3) is 0 Å². The molecule has 0 bridgehead atoms. The van der Waals surface area contributed by atoms with Crippen molar-refractivity contribution in [3.8, 4) is 0 Å². The van der Waals surface area contributed by atoms with Gasteiger partial charge >= 0.3 is 11.9 Å². The van der Waals surface area contributed by atoms with Crippen molar-refractivity contribution < 1.29 is 14.3 Å². The number of pyridine rings is 1. The van der Waals surface area contributed by atoms with Gasteiger partial charge in [-0.15, -0.1) is 0 Å². The summed E-state index contributed by atoms with van der Waals surface area (Å²) in [4.78, 5) is 25.7.